The Bertz CT molecular complexity index is 947. The molecular weight excluding hydrogens is 330 g/mol. The van der Waals surface area contributed by atoms with E-state index in [1.54, 1.807) is 31.4 Å². The van der Waals surface area contributed by atoms with Gasteiger partial charge in [-0.3, -0.25) is 4.79 Å². The first kappa shape index (κ1) is 16.9. The number of hydrogen-bond acceptors (Lipinski definition) is 6. The van der Waals surface area contributed by atoms with E-state index in [9.17, 15) is 4.79 Å². The predicted octanol–water partition coefficient (Wildman–Crippen LogP) is 3.35. The monoisotopic (exact) mass is 345 g/mol. The summed E-state index contributed by atoms with van der Waals surface area (Å²) in [4.78, 5) is 20.6. The van der Waals surface area contributed by atoms with Crippen LogP contribution in [0.4, 0.5) is 17.3 Å². The van der Waals surface area contributed by atoms with Gasteiger partial charge in [-0.15, -0.1) is 0 Å². The highest BCUT2D eigenvalue weighted by Gasteiger charge is 2.10. The highest BCUT2D eigenvalue weighted by atomic mass is 16.5. The third-order valence-corrected chi connectivity index (χ3v) is 3.56. The SMILES string of the molecule is COc1ccc(Nc2ncc(C(=O)Nc3ccccc3C#N)cn2)cc1. The maximum absolute atomic E-state index is 12.3. The van der Waals surface area contributed by atoms with Crippen LogP contribution in [0.2, 0.25) is 0 Å². The van der Waals surface area contributed by atoms with Crippen LogP contribution < -0.4 is 15.4 Å². The fourth-order valence-electron chi connectivity index (χ4n) is 2.20. The summed E-state index contributed by atoms with van der Waals surface area (Å²) in [5, 5.41) is 14.8. The predicted molar refractivity (Wildman–Crippen MR) is 97.4 cm³/mol. The number of nitrogens with zero attached hydrogens (tertiary/aromatic N) is 3. The van der Waals surface area contributed by atoms with Gasteiger partial charge in [0, 0.05) is 18.1 Å². The molecule has 26 heavy (non-hydrogen) atoms. The van der Waals surface area contributed by atoms with E-state index in [1.165, 1.54) is 12.4 Å². The second-order valence-electron chi connectivity index (χ2n) is 5.26. The van der Waals surface area contributed by atoms with Gasteiger partial charge in [0.1, 0.15) is 11.8 Å². The zero-order valence-corrected chi connectivity index (χ0v) is 13.9. The fourth-order valence-corrected chi connectivity index (χ4v) is 2.20. The number of ether oxygens (including phenoxy) is 1. The Morgan fingerprint density at radius 2 is 1.77 bits per heavy atom. The minimum absolute atomic E-state index is 0.290. The van der Waals surface area contributed by atoms with E-state index >= 15 is 0 Å². The van der Waals surface area contributed by atoms with E-state index in [2.05, 4.69) is 20.6 Å². The molecule has 0 aliphatic heterocycles. The number of methoxy groups -OCH3 is 1. The third-order valence-electron chi connectivity index (χ3n) is 3.56. The number of amides is 1. The van der Waals surface area contributed by atoms with Gasteiger partial charge in [-0.05, 0) is 36.4 Å². The lowest BCUT2D eigenvalue weighted by Gasteiger charge is -2.08. The molecule has 2 N–H and O–H groups in total. The smallest absolute Gasteiger partial charge is 0.258 e. The lowest BCUT2D eigenvalue weighted by Crippen LogP contribution is -2.14. The van der Waals surface area contributed by atoms with Crippen LogP contribution in [0, 0.1) is 11.3 Å². The van der Waals surface area contributed by atoms with Gasteiger partial charge in [-0.25, -0.2) is 9.97 Å². The van der Waals surface area contributed by atoms with Crippen molar-refractivity contribution in [3.05, 3.63) is 72.1 Å². The molecule has 0 fully saturated rings. The van der Waals surface area contributed by atoms with Gasteiger partial charge in [0.2, 0.25) is 5.95 Å². The number of nitrogens with one attached hydrogen (secondary N) is 2. The topological polar surface area (TPSA) is 99.9 Å². The Balaban J connectivity index is 1.68. The lowest BCUT2D eigenvalue weighted by atomic mass is 10.2. The van der Waals surface area contributed by atoms with Gasteiger partial charge in [0.25, 0.3) is 5.91 Å². The molecule has 1 aromatic heterocycles. The van der Waals surface area contributed by atoms with Crippen LogP contribution in [-0.4, -0.2) is 23.0 Å². The largest absolute Gasteiger partial charge is 0.497 e. The number of para-hydroxylation sites is 1. The van der Waals surface area contributed by atoms with Gasteiger partial charge < -0.3 is 15.4 Å². The number of aromatic nitrogens is 2. The number of anilines is 3. The molecule has 1 heterocycles. The Morgan fingerprint density at radius 3 is 2.42 bits per heavy atom. The van der Waals surface area contributed by atoms with Crippen molar-refractivity contribution in [2.24, 2.45) is 0 Å². The standard InChI is InChI=1S/C19H15N5O2/c1-26-16-8-6-15(7-9-16)23-19-21-11-14(12-22-19)18(25)24-17-5-3-2-4-13(17)10-20/h2-9,11-12H,1H3,(H,24,25)(H,21,22,23). The molecule has 1 amide bonds. The maximum Gasteiger partial charge on any atom is 0.258 e. The highest BCUT2D eigenvalue weighted by molar-refractivity contribution is 6.04. The summed E-state index contributed by atoms with van der Waals surface area (Å²) >= 11 is 0. The molecule has 0 atom stereocenters. The van der Waals surface area contributed by atoms with Crippen molar-refractivity contribution in [3.8, 4) is 11.8 Å². The number of carbonyl (C=O) groups is 1. The normalized spacial score (nSPS) is 9.85. The minimum Gasteiger partial charge on any atom is -0.497 e. The van der Waals surface area contributed by atoms with Crippen molar-refractivity contribution in [3.63, 3.8) is 0 Å². The second kappa shape index (κ2) is 7.77. The van der Waals surface area contributed by atoms with E-state index < -0.39 is 0 Å². The Morgan fingerprint density at radius 1 is 1.08 bits per heavy atom. The molecule has 2 aromatic carbocycles. The number of nitriles is 1. The van der Waals surface area contributed by atoms with E-state index in [0.29, 0.717) is 17.2 Å². The van der Waals surface area contributed by atoms with Crippen LogP contribution in [-0.2, 0) is 0 Å². The van der Waals surface area contributed by atoms with Crippen molar-refractivity contribution in [1.82, 2.24) is 9.97 Å². The number of hydrogen-bond donors (Lipinski definition) is 2. The van der Waals surface area contributed by atoms with E-state index in [1.807, 2.05) is 30.3 Å². The molecule has 0 spiro atoms. The van der Waals surface area contributed by atoms with Gasteiger partial charge in [-0.2, -0.15) is 5.26 Å². The quantitative estimate of drug-likeness (QED) is 0.735. The van der Waals surface area contributed by atoms with Gasteiger partial charge in [0.05, 0.1) is 23.9 Å². The molecule has 7 nitrogen and oxygen atoms in total. The molecular formula is C19H15N5O2. The molecule has 0 saturated heterocycles. The van der Waals surface area contributed by atoms with Crippen LogP contribution in [0.25, 0.3) is 0 Å². The van der Waals surface area contributed by atoms with Crippen molar-refractivity contribution >= 4 is 23.2 Å². The summed E-state index contributed by atoms with van der Waals surface area (Å²) < 4.78 is 5.10. The Labute approximate surface area is 150 Å². The van der Waals surface area contributed by atoms with Crippen molar-refractivity contribution in [2.45, 2.75) is 0 Å². The van der Waals surface area contributed by atoms with Crippen LogP contribution in [0.15, 0.2) is 60.9 Å². The molecule has 0 bridgehead atoms. The highest BCUT2D eigenvalue weighted by Crippen LogP contribution is 2.18. The minimum atomic E-state index is -0.385. The van der Waals surface area contributed by atoms with Gasteiger partial charge >= 0.3 is 0 Å². The summed E-state index contributed by atoms with van der Waals surface area (Å²) in [6.45, 7) is 0. The van der Waals surface area contributed by atoms with Crippen molar-refractivity contribution in [1.29, 1.82) is 5.26 Å². The first-order chi connectivity index (χ1) is 12.7. The first-order valence-electron chi connectivity index (χ1n) is 7.73. The molecule has 7 heteroatoms. The Hall–Kier alpha value is -3.92. The van der Waals surface area contributed by atoms with Crippen molar-refractivity contribution < 1.29 is 9.53 Å². The molecule has 0 unspecified atom stereocenters. The number of carbonyl (C=O) groups excluding carboxylic acids is 1. The van der Waals surface area contributed by atoms with E-state index in [0.717, 1.165) is 11.4 Å². The zero-order chi connectivity index (χ0) is 18.4. The summed E-state index contributed by atoms with van der Waals surface area (Å²) in [6, 6.07) is 16.1. The summed E-state index contributed by atoms with van der Waals surface area (Å²) in [7, 11) is 1.60. The van der Waals surface area contributed by atoms with E-state index in [4.69, 9.17) is 10.00 Å². The fraction of sp³-hybridized carbons (Fsp3) is 0.0526. The molecule has 0 aliphatic carbocycles. The molecule has 0 saturated carbocycles. The second-order valence-corrected chi connectivity index (χ2v) is 5.26. The van der Waals surface area contributed by atoms with Gasteiger partial charge in [0.15, 0.2) is 0 Å². The molecule has 3 rings (SSSR count). The average molecular weight is 345 g/mol. The summed E-state index contributed by atoms with van der Waals surface area (Å²) in [5.74, 6) is 0.731. The zero-order valence-electron chi connectivity index (χ0n) is 13.9. The van der Waals surface area contributed by atoms with E-state index in [-0.39, 0.29) is 11.5 Å². The van der Waals surface area contributed by atoms with Crippen molar-refractivity contribution in [2.75, 3.05) is 17.7 Å². The van der Waals surface area contributed by atoms with Crippen LogP contribution >= 0.6 is 0 Å². The maximum atomic E-state index is 12.3. The molecule has 0 aliphatic rings. The number of rotatable bonds is 5. The third kappa shape index (κ3) is 3.94. The van der Waals surface area contributed by atoms with Gasteiger partial charge in [-0.1, -0.05) is 12.1 Å². The Kier molecular flexibility index (Phi) is 5.05. The van der Waals surface area contributed by atoms with Crippen LogP contribution in [0.3, 0.4) is 0 Å². The average Bonchev–Trinajstić information content (AvgIpc) is 2.69. The summed E-state index contributed by atoms with van der Waals surface area (Å²) in [5.41, 5.74) is 1.92. The summed E-state index contributed by atoms with van der Waals surface area (Å²) in [6.07, 6.45) is 2.84. The number of benzene rings is 2. The van der Waals surface area contributed by atoms with Crippen LogP contribution in [0.5, 0.6) is 5.75 Å². The van der Waals surface area contributed by atoms with Crippen LogP contribution in [0.1, 0.15) is 15.9 Å². The molecule has 128 valence electrons. The first-order valence-corrected chi connectivity index (χ1v) is 7.73. The lowest BCUT2D eigenvalue weighted by molar-refractivity contribution is 0.102. The molecule has 3 aromatic rings. The molecule has 0 radical (unpaired) electrons.